The van der Waals surface area contributed by atoms with Crippen LogP contribution in [0.1, 0.15) is 30.0 Å². The van der Waals surface area contributed by atoms with Gasteiger partial charge in [-0.3, -0.25) is 14.5 Å². The van der Waals surface area contributed by atoms with Crippen molar-refractivity contribution >= 4 is 23.3 Å². The second-order valence-electron chi connectivity index (χ2n) is 8.18. The molecule has 0 radical (unpaired) electrons. The maximum Gasteiger partial charge on any atom is 0.246 e. The summed E-state index contributed by atoms with van der Waals surface area (Å²) in [7, 11) is 0. The topological polar surface area (TPSA) is 74.3 Å². The molecule has 0 spiro atoms. The number of aryl methyl sites for hydroxylation is 1. The van der Waals surface area contributed by atoms with Crippen molar-refractivity contribution in [2.45, 2.75) is 25.8 Å². The zero-order chi connectivity index (χ0) is 22.3. The van der Waals surface area contributed by atoms with Crippen LogP contribution in [0.25, 0.3) is 0 Å². The van der Waals surface area contributed by atoms with E-state index < -0.39 is 6.04 Å². The van der Waals surface area contributed by atoms with E-state index in [0.717, 1.165) is 16.8 Å². The summed E-state index contributed by atoms with van der Waals surface area (Å²) >= 11 is 0. The minimum atomic E-state index is -0.405. The second-order valence-corrected chi connectivity index (χ2v) is 8.18. The molecule has 164 valence electrons. The molecule has 32 heavy (non-hydrogen) atoms. The SMILES string of the molecule is Cc1ccc(NC(=O)C(c2ccccc2)N2CCC(C(=O)Nc3ccccn3)CC2)cc1. The number of likely N-dealkylation sites (tertiary alicyclic amines) is 1. The maximum atomic E-state index is 13.3. The number of nitrogens with one attached hydrogen (secondary N) is 2. The van der Waals surface area contributed by atoms with Gasteiger partial charge in [0.25, 0.3) is 0 Å². The average molecular weight is 429 g/mol. The molecule has 2 aromatic carbocycles. The number of aromatic nitrogens is 1. The zero-order valence-corrected chi connectivity index (χ0v) is 18.2. The average Bonchev–Trinajstić information content (AvgIpc) is 2.82. The highest BCUT2D eigenvalue weighted by molar-refractivity contribution is 5.95. The highest BCUT2D eigenvalue weighted by Crippen LogP contribution is 2.29. The van der Waals surface area contributed by atoms with Crippen LogP contribution in [0, 0.1) is 12.8 Å². The molecule has 0 aliphatic carbocycles. The number of rotatable bonds is 6. The van der Waals surface area contributed by atoms with Crippen LogP contribution < -0.4 is 10.6 Å². The van der Waals surface area contributed by atoms with E-state index in [1.165, 1.54) is 0 Å². The summed E-state index contributed by atoms with van der Waals surface area (Å²) < 4.78 is 0. The number of hydrogen-bond acceptors (Lipinski definition) is 4. The van der Waals surface area contributed by atoms with Gasteiger partial charge >= 0.3 is 0 Å². The van der Waals surface area contributed by atoms with Gasteiger partial charge < -0.3 is 10.6 Å². The minimum Gasteiger partial charge on any atom is -0.324 e. The summed E-state index contributed by atoms with van der Waals surface area (Å²) in [5.41, 5.74) is 2.88. The maximum absolute atomic E-state index is 13.3. The van der Waals surface area contributed by atoms with Gasteiger partial charge in [0.2, 0.25) is 11.8 Å². The third-order valence-electron chi connectivity index (χ3n) is 5.86. The number of carbonyl (C=O) groups excluding carboxylic acids is 2. The number of amides is 2. The lowest BCUT2D eigenvalue weighted by Crippen LogP contribution is -2.44. The Kier molecular flexibility index (Phi) is 6.92. The Labute approximate surface area is 188 Å². The van der Waals surface area contributed by atoms with Crippen LogP contribution >= 0.6 is 0 Å². The molecule has 1 saturated heterocycles. The Morgan fingerprint density at radius 3 is 2.25 bits per heavy atom. The zero-order valence-electron chi connectivity index (χ0n) is 18.2. The summed E-state index contributed by atoms with van der Waals surface area (Å²) in [4.78, 5) is 32.3. The van der Waals surface area contributed by atoms with Crippen molar-refractivity contribution in [2.24, 2.45) is 5.92 Å². The lowest BCUT2D eigenvalue weighted by Gasteiger charge is -2.36. The highest BCUT2D eigenvalue weighted by atomic mass is 16.2. The van der Waals surface area contributed by atoms with Crippen LogP contribution in [0.4, 0.5) is 11.5 Å². The Hall–Kier alpha value is -3.51. The summed E-state index contributed by atoms with van der Waals surface area (Å²) in [5, 5.41) is 5.96. The van der Waals surface area contributed by atoms with Crippen molar-refractivity contribution < 1.29 is 9.59 Å². The summed E-state index contributed by atoms with van der Waals surface area (Å²) in [5.74, 6) is 0.407. The first-order valence-electron chi connectivity index (χ1n) is 11.0. The predicted octanol–water partition coefficient (Wildman–Crippen LogP) is 4.42. The minimum absolute atomic E-state index is 0.0104. The molecule has 6 heteroatoms. The fraction of sp³-hybridized carbons (Fsp3) is 0.269. The quantitative estimate of drug-likeness (QED) is 0.610. The monoisotopic (exact) mass is 428 g/mol. The van der Waals surface area contributed by atoms with Crippen molar-refractivity contribution in [3.8, 4) is 0 Å². The fourth-order valence-electron chi connectivity index (χ4n) is 4.10. The first-order valence-corrected chi connectivity index (χ1v) is 11.0. The summed E-state index contributed by atoms with van der Waals surface area (Å²) in [6, 6.07) is 22.7. The molecule has 2 heterocycles. The van der Waals surface area contributed by atoms with E-state index in [0.29, 0.717) is 31.7 Å². The number of carbonyl (C=O) groups is 2. The number of piperidine rings is 1. The Morgan fingerprint density at radius 2 is 1.59 bits per heavy atom. The van der Waals surface area contributed by atoms with Crippen LogP contribution in [0.2, 0.25) is 0 Å². The molecular weight excluding hydrogens is 400 g/mol. The smallest absolute Gasteiger partial charge is 0.246 e. The number of anilines is 2. The Bertz CT molecular complexity index is 1030. The third kappa shape index (κ3) is 5.39. The standard InChI is InChI=1S/C26H28N4O2/c1-19-10-12-22(13-11-19)28-26(32)24(20-7-3-2-4-8-20)30-17-14-21(15-18-30)25(31)29-23-9-5-6-16-27-23/h2-13,16,21,24H,14-15,17-18H2,1H3,(H,28,32)(H,27,29,31). The molecule has 2 N–H and O–H groups in total. The van der Waals surface area contributed by atoms with Gasteiger partial charge in [-0.25, -0.2) is 4.98 Å². The molecule has 3 aromatic rings. The van der Waals surface area contributed by atoms with Gasteiger partial charge in [0.1, 0.15) is 11.9 Å². The van der Waals surface area contributed by atoms with Gasteiger partial charge in [-0.2, -0.15) is 0 Å². The first kappa shape index (κ1) is 21.7. The molecule has 6 nitrogen and oxygen atoms in total. The van der Waals surface area contributed by atoms with E-state index in [9.17, 15) is 9.59 Å². The third-order valence-corrected chi connectivity index (χ3v) is 5.86. The first-order chi connectivity index (χ1) is 15.6. The van der Waals surface area contributed by atoms with Gasteiger partial charge in [0, 0.05) is 17.8 Å². The molecule has 1 fully saturated rings. The van der Waals surface area contributed by atoms with E-state index in [4.69, 9.17) is 0 Å². The van der Waals surface area contributed by atoms with Gasteiger partial charge in [-0.05, 0) is 62.7 Å². The normalized spacial score (nSPS) is 15.7. The molecule has 1 unspecified atom stereocenters. The molecule has 1 aromatic heterocycles. The Morgan fingerprint density at radius 1 is 0.906 bits per heavy atom. The van der Waals surface area contributed by atoms with Gasteiger partial charge in [-0.15, -0.1) is 0 Å². The number of pyridine rings is 1. The van der Waals surface area contributed by atoms with Gasteiger partial charge in [0.15, 0.2) is 0 Å². The Balaban J connectivity index is 1.44. The molecule has 0 bridgehead atoms. The second kappa shape index (κ2) is 10.2. The number of benzene rings is 2. The largest absolute Gasteiger partial charge is 0.324 e. The molecule has 1 aliphatic heterocycles. The van der Waals surface area contributed by atoms with E-state index >= 15 is 0 Å². The lowest BCUT2D eigenvalue weighted by atomic mass is 9.93. The highest BCUT2D eigenvalue weighted by Gasteiger charge is 2.33. The molecular formula is C26H28N4O2. The summed E-state index contributed by atoms with van der Waals surface area (Å²) in [6.45, 7) is 3.36. The molecule has 1 aliphatic rings. The van der Waals surface area contributed by atoms with Crippen LogP contribution in [0.5, 0.6) is 0 Å². The van der Waals surface area contributed by atoms with Crippen LogP contribution in [-0.2, 0) is 9.59 Å². The lowest BCUT2D eigenvalue weighted by molar-refractivity contribution is -0.124. The van der Waals surface area contributed by atoms with E-state index in [2.05, 4.69) is 20.5 Å². The van der Waals surface area contributed by atoms with Crippen molar-refractivity contribution in [2.75, 3.05) is 23.7 Å². The van der Waals surface area contributed by atoms with Crippen molar-refractivity contribution in [1.29, 1.82) is 0 Å². The molecule has 0 saturated carbocycles. The fourth-order valence-corrected chi connectivity index (χ4v) is 4.10. The van der Waals surface area contributed by atoms with Crippen LogP contribution in [-0.4, -0.2) is 34.8 Å². The van der Waals surface area contributed by atoms with Crippen LogP contribution in [0.3, 0.4) is 0 Å². The van der Waals surface area contributed by atoms with Gasteiger partial charge in [0.05, 0.1) is 0 Å². The molecule has 4 rings (SSSR count). The van der Waals surface area contributed by atoms with E-state index in [1.807, 2.05) is 73.7 Å². The van der Waals surface area contributed by atoms with E-state index in [1.54, 1.807) is 12.3 Å². The van der Waals surface area contributed by atoms with Crippen molar-refractivity contribution in [3.63, 3.8) is 0 Å². The van der Waals surface area contributed by atoms with Crippen molar-refractivity contribution in [1.82, 2.24) is 9.88 Å². The predicted molar refractivity (Wildman–Crippen MR) is 126 cm³/mol. The number of nitrogens with zero attached hydrogens (tertiary/aromatic N) is 2. The van der Waals surface area contributed by atoms with Crippen LogP contribution in [0.15, 0.2) is 79.0 Å². The van der Waals surface area contributed by atoms with Gasteiger partial charge in [-0.1, -0.05) is 54.1 Å². The van der Waals surface area contributed by atoms with Crippen molar-refractivity contribution in [3.05, 3.63) is 90.1 Å². The number of hydrogen-bond donors (Lipinski definition) is 2. The molecule has 1 atom stereocenters. The summed E-state index contributed by atoms with van der Waals surface area (Å²) in [6.07, 6.45) is 3.05. The molecule has 2 amide bonds. The van der Waals surface area contributed by atoms with E-state index in [-0.39, 0.29) is 17.7 Å².